The lowest BCUT2D eigenvalue weighted by atomic mass is 9.97. The Bertz CT molecular complexity index is 1450. The Morgan fingerprint density at radius 1 is 0.622 bits per heavy atom. The summed E-state index contributed by atoms with van der Waals surface area (Å²) in [5.74, 6) is -9.27. The van der Waals surface area contributed by atoms with Crippen LogP contribution in [-0.2, 0) is 19.0 Å². The first-order valence-corrected chi connectivity index (χ1v) is 11.5. The van der Waals surface area contributed by atoms with Gasteiger partial charge in [0.05, 0.1) is 0 Å². The smallest absolute Gasteiger partial charge is 0.429 e. The first-order valence-electron chi connectivity index (χ1n) is 11.5. The molecule has 1 unspecified atom stereocenters. The van der Waals surface area contributed by atoms with E-state index in [0.717, 1.165) is 24.0 Å². The van der Waals surface area contributed by atoms with Crippen LogP contribution < -0.4 is 4.74 Å². The molecule has 0 amide bonds. The Balaban J connectivity index is 1.41. The monoisotopic (exact) mass is 516 g/mol. The average Bonchev–Trinajstić information content (AvgIpc) is 3.21. The molecule has 0 fully saturated rings. The van der Waals surface area contributed by atoms with Gasteiger partial charge in [-0.1, -0.05) is 49.4 Å². The molecule has 5 rings (SSSR count). The largest absolute Gasteiger partial charge is 0.432 e. The van der Waals surface area contributed by atoms with E-state index in [4.69, 9.17) is 0 Å². The second-order valence-corrected chi connectivity index (χ2v) is 9.21. The van der Waals surface area contributed by atoms with Crippen molar-refractivity contribution in [2.45, 2.75) is 25.9 Å². The fraction of sp³-hybridized carbons (Fsp3) is 0.172. The third kappa shape index (κ3) is 4.80. The molecule has 0 spiro atoms. The topological polar surface area (TPSA) is 9.23 Å². The predicted octanol–water partition coefficient (Wildman–Crippen LogP) is 8.58. The molecular weight excluding hydrogens is 497 g/mol. The summed E-state index contributed by atoms with van der Waals surface area (Å²) in [6.45, 7) is 2.20. The van der Waals surface area contributed by atoms with Gasteiger partial charge in [-0.05, 0) is 64.3 Å². The highest BCUT2D eigenvalue weighted by atomic mass is 19.3. The Labute approximate surface area is 208 Å². The second kappa shape index (κ2) is 9.25. The molecule has 0 radical (unpaired) electrons. The van der Waals surface area contributed by atoms with Crippen LogP contribution >= 0.6 is 0 Å². The highest BCUT2D eigenvalue weighted by Crippen LogP contribution is 2.38. The summed E-state index contributed by atoms with van der Waals surface area (Å²) in [6, 6.07) is 14.8. The molecule has 4 aromatic carbocycles. The van der Waals surface area contributed by atoms with Gasteiger partial charge in [0.25, 0.3) is 0 Å². The van der Waals surface area contributed by atoms with Crippen LogP contribution in [0.1, 0.15) is 23.6 Å². The van der Waals surface area contributed by atoms with Crippen LogP contribution in [0.15, 0.2) is 66.7 Å². The number of alkyl halides is 2. The number of hydrogen-bond acceptors (Lipinski definition) is 1. The maximum atomic E-state index is 14.7. The summed E-state index contributed by atoms with van der Waals surface area (Å²) in [4.78, 5) is 0. The predicted molar refractivity (Wildman–Crippen MR) is 125 cm³/mol. The molecule has 8 heteroatoms. The third-order valence-electron chi connectivity index (χ3n) is 6.43. The van der Waals surface area contributed by atoms with E-state index in [1.165, 1.54) is 11.1 Å². The van der Waals surface area contributed by atoms with E-state index in [2.05, 4.69) is 23.8 Å². The van der Waals surface area contributed by atoms with Crippen LogP contribution in [0.2, 0.25) is 0 Å². The number of rotatable bonds is 5. The number of ether oxygens (including phenoxy) is 1. The van der Waals surface area contributed by atoms with E-state index in [9.17, 15) is 30.7 Å². The first kappa shape index (κ1) is 24.9. The normalized spacial score (nSPS) is 15.1. The number of halogens is 7. The van der Waals surface area contributed by atoms with E-state index in [-0.39, 0.29) is 17.7 Å². The third-order valence-corrected chi connectivity index (χ3v) is 6.43. The molecule has 0 saturated carbocycles. The minimum absolute atomic E-state index is 0.00255. The van der Waals surface area contributed by atoms with Gasteiger partial charge in [0, 0.05) is 12.1 Å². The second-order valence-electron chi connectivity index (χ2n) is 9.21. The lowest BCUT2D eigenvalue weighted by molar-refractivity contribution is -0.189. The standard InChI is InChI=1S/C29H19F7O/c1-15-8-18-6-7-19(10-20(18)9-15)16-2-4-17(5-3-16)21-11-23(30)27(24(31)12-21)29(35,36)37-22-13-25(32)28(34)26(33)14-22/h2-7,10-15H,8-9H2,1H3. The SMILES string of the molecule is CC1Cc2ccc(-c3ccc(-c4cc(F)c(C(F)(F)Oc5cc(F)c(F)c(F)c5)c(F)c4)cc3)cc2C1. The van der Waals surface area contributed by atoms with Crippen molar-refractivity contribution >= 4 is 0 Å². The van der Waals surface area contributed by atoms with Crippen molar-refractivity contribution in [1.29, 1.82) is 0 Å². The quantitative estimate of drug-likeness (QED) is 0.191. The highest BCUT2D eigenvalue weighted by Gasteiger charge is 2.41. The number of hydrogen-bond donors (Lipinski definition) is 0. The zero-order chi connectivity index (χ0) is 26.5. The summed E-state index contributed by atoms with van der Waals surface area (Å²) in [5.41, 5.74) is 3.15. The number of benzene rings is 4. The van der Waals surface area contributed by atoms with Crippen molar-refractivity contribution in [2.75, 3.05) is 0 Å². The molecule has 0 heterocycles. The zero-order valence-corrected chi connectivity index (χ0v) is 19.4. The van der Waals surface area contributed by atoms with Gasteiger partial charge in [0.2, 0.25) is 0 Å². The number of fused-ring (bicyclic) bond motifs is 1. The Morgan fingerprint density at radius 3 is 1.73 bits per heavy atom. The maximum Gasteiger partial charge on any atom is 0.432 e. The molecule has 1 nitrogen and oxygen atoms in total. The van der Waals surface area contributed by atoms with Gasteiger partial charge in [0.1, 0.15) is 22.9 Å². The van der Waals surface area contributed by atoms with Crippen molar-refractivity contribution in [3.05, 3.63) is 113 Å². The summed E-state index contributed by atoms with van der Waals surface area (Å²) >= 11 is 0. The summed E-state index contributed by atoms with van der Waals surface area (Å²) in [5, 5.41) is 0. The Morgan fingerprint density at radius 2 is 1.14 bits per heavy atom. The van der Waals surface area contributed by atoms with E-state index in [1.807, 2.05) is 6.07 Å². The first-order chi connectivity index (χ1) is 17.5. The van der Waals surface area contributed by atoms with Crippen LogP contribution in [-0.4, -0.2) is 0 Å². The zero-order valence-electron chi connectivity index (χ0n) is 19.4. The van der Waals surface area contributed by atoms with Crippen LogP contribution in [0.3, 0.4) is 0 Å². The van der Waals surface area contributed by atoms with Crippen molar-refractivity contribution in [3.8, 4) is 28.0 Å². The van der Waals surface area contributed by atoms with Crippen molar-refractivity contribution < 1.29 is 35.5 Å². The fourth-order valence-corrected chi connectivity index (χ4v) is 4.68. The lowest BCUT2D eigenvalue weighted by Crippen LogP contribution is -2.25. The van der Waals surface area contributed by atoms with Gasteiger partial charge in [-0.2, -0.15) is 8.78 Å². The molecule has 0 aliphatic heterocycles. The molecule has 4 aromatic rings. The van der Waals surface area contributed by atoms with Gasteiger partial charge in [-0.25, -0.2) is 22.0 Å². The molecule has 1 atom stereocenters. The van der Waals surface area contributed by atoms with E-state index < -0.39 is 46.5 Å². The molecule has 0 N–H and O–H groups in total. The summed E-state index contributed by atoms with van der Waals surface area (Å²) in [7, 11) is 0. The van der Waals surface area contributed by atoms with Gasteiger partial charge < -0.3 is 4.74 Å². The lowest BCUT2D eigenvalue weighted by Gasteiger charge is -2.20. The average molecular weight is 516 g/mol. The van der Waals surface area contributed by atoms with E-state index >= 15 is 0 Å². The summed E-state index contributed by atoms with van der Waals surface area (Å²) in [6.07, 6.45) is -2.59. The van der Waals surface area contributed by atoms with Gasteiger partial charge in [-0.3, -0.25) is 0 Å². The van der Waals surface area contributed by atoms with Crippen LogP contribution in [0.4, 0.5) is 30.7 Å². The molecule has 190 valence electrons. The Hall–Kier alpha value is -3.81. The summed E-state index contributed by atoms with van der Waals surface area (Å²) < 4.78 is 102. The van der Waals surface area contributed by atoms with E-state index in [0.29, 0.717) is 23.6 Å². The van der Waals surface area contributed by atoms with Crippen molar-refractivity contribution in [2.24, 2.45) is 5.92 Å². The van der Waals surface area contributed by atoms with Crippen LogP contribution in [0.25, 0.3) is 22.3 Å². The van der Waals surface area contributed by atoms with Crippen LogP contribution in [0, 0.1) is 35.0 Å². The van der Waals surface area contributed by atoms with Crippen molar-refractivity contribution in [1.82, 2.24) is 0 Å². The van der Waals surface area contributed by atoms with E-state index in [1.54, 1.807) is 24.3 Å². The molecule has 1 aliphatic carbocycles. The van der Waals surface area contributed by atoms with Gasteiger partial charge in [-0.15, -0.1) is 0 Å². The minimum Gasteiger partial charge on any atom is -0.429 e. The maximum absolute atomic E-state index is 14.7. The Kier molecular flexibility index (Phi) is 6.22. The minimum atomic E-state index is -4.64. The van der Waals surface area contributed by atoms with Gasteiger partial charge in [0.15, 0.2) is 17.5 Å². The van der Waals surface area contributed by atoms with Crippen molar-refractivity contribution in [3.63, 3.8) is 0 Å². The fourth-order valence-electron chi connectivity index (χ4n) is 4.68. The molecule has 0 aromatic heterocycles. The molecule has 37 heavy (non-hydrogen) atoms. The van der Waals surface area contributed by atoms with Crippen LogP contribution in [0.5, 0.6) is 5.75 Å². The molecular formula is C29H19F7O. The molecule has 0 saturated heterocycles. The highest BCUT2D eigenvalue weighted by molar-refractivity contribution is 5.71. The molecule has 0 bridgehead atoms. The van der Waals surface area contributed by atoms with Gasteiger partial charge >= 0.3 is 6.11 Å². The molecule has 1 aliphatic rings.